The maximum Gasteiger partial charge on any atom is 0.305 e. The molecule has 0 aliphatic rings. The summed E-state index contributed by atoms with van der Waals surface area (Å²) in [6.45, 7) is 1.93. The first kappa shape index (κ1) is 11.1. The molecule has 1 aromatic heterocycles. The number of aryl methyl sites for hydroxylation is 1. The minimum absolute atomic E-state index is 0.111. The standard InChI is InChI=1S/C9H14N2O2S/c1-6-11-5-8(14-6)7(10)3-4-9(12)13-2/h5,7H,3-4,10H2,1-2H3. The van der Waals surface area contributed by atoms with Gasteiger partial charge in [-0.1, -0.05) is 0 Å². The summed E-state index contributed by atoms with van der Waals surface area (Å²) in [6, 6.07) is -0.111. The van der Waals surface area contributed by atoms with Crippen LogP contribution in [0.3, 0.4) is 0 Å². The molecule has 0 aliphatic carbocycles. The number of nitrogens with zero attached hydrogens (tertiary/aromatic N) is 1. The minimum Gasteiger partial charge on any atom is -0.469 e. The van der Waals surface area contributed by atoms with Gasteiger partial charge in [0.2, 0.25) is 0 Å². The zero-order chi connectivity index (χ0) is 10.6. The van der Waals surface area contributed by atoms with Crippen LogP contribution in [0.4, 0.5) is 0 Å². The number of hydrogen-bond donors (Lipinski definition) is 1. The lowest BCUT2D eigenvalue weighted by atomic mass is 10.1. The first-order valence-corrected chi connectivity index (χ1v) is 5.20. The van der Waals surface area contributed by atoms with E-state index in [9.17, 15) is 4.79 Å². The van der Waals surface area contributed by atoms with Crippen LogP contribution in [0.5, 0.6) is 0 Å². The Labute approximate surface area is 87.1 Å². The second kappa shape index (κ2) is 5.07. The maximum atomic E-state index is 10.9. The molecule has 0 saturated heterocycles. The third-order valence-electron chi connectivity index (χ3n) is 1.89. The normalized spacial score (nSPS) is 12.5. The van der Waals surface area contributed by atoms with Crippen LogP contribution in [-0.4, -0.2) is 18.1 Å². The highest BCUT2D eigenvalue weighted by molar-refractivity contribution is 7.11. The third kappa shape index (κ3) is 3.08. The van der Waals surface area contributed by atoms with Gasteiger partial charge in [-0.3, -0.25) is 4.79 Å². The van der Waals surface area contributed by atoms with Crippen LogP contribution in [0.2, 0.25) is 0 Å². The SMILES string of the molecule is COC(=O)CCC(N)c1cnc(C)s1. The number of hydrogen-bond acceptors (Lipinski definition) is 5. The average molecular weight is 214 g/mol. The minimum atomic E-state index is -0.221. The van der Waals surface area contributed by atoms with E-state index in [4.69, 9.17) is 5.73 Å². The molecule has 0 bridgehead atoms. The molecule has 1 rings (SSSR count). The zero-order valence-electron chi connectivity index (χ0n) is 8.32. The molecule has 0 fully saturated rings. The summed E-state index contributed by atoms with van der Waals surface area (Å²) in [5.41, 5.74) is 5.87. The van der Waals surface area contributed by atoms with Gasteiger partial charge in [0, 0.05) is 23.5 Å². The van der Waals surface area contributed by atoms with Gasteiger partial charge in [-0.05, 0) is 13.3 Å². The molecule has 4 nitrogen and oxygen atoms in total. The van der Waals surface area contributed by atoms with Crippen molar-refractivity contribution in [2.24, 2.45) is 5.73 Å². The number of nitrogens with two attached hydrogens (primary N) is 1. The molecule has 1 aromatic rings. The maximum absolute atomic E-state index is 10.9. The van der Waals surface area contributed by atoms with Crippen LogP contribution < -0.4 is 5.73 Å². The first-order chi connectivity index (χ1) is 6.63. The second-order valence-corrected chi connectivity index (χ2v) is 4.27. The molecule has 0 saturated carbocycles. The highest BCUT2D eigenvalue weighted by Crippen LogP contribution is 2.21. The molecular formula is C9H14N2O2S. The van der Waals surface area contributed by atoms with E-state index < -0.39 is 0 Å². The fraction of sp³-hybridized carbons (Fsp3) is 0.556. The van der Waals surface area contributed by atoms with Crippen molar-refractivity contribution in [3.63, 3.8) is 0 Å². The largest absolute Gasteiger partial charge is 0.469 e. The number of carbonyl (C=O) groups is 1. The number of ether oxygens (including phenoxy) is 1. The van der Waals surface area contributed by atoms with E-state index in [1.54, 1.807) is 17.5 Å². The van der Waals surface area contributed by atoms with E-state index in [0.29, 0.717) is 12.8 Å². The van der Waals surface area contributed by atoms with Crippen LogP contribution >= 0.6 is 11.3 Å². The fourth-order valence-electron chi connectivity index (χ4n) is 1.07. The molecule has 0 spiro atoms. The highest BCUT2D eigenvalue weighted by atomic mass is 32.1. The summed E-state index contributed by atoms with van der Waals surface area (Å²) in [5.74, 6) is -0.221. The van der Waals surface area contributed by atoms with Crippen molar-refractivity contribution in [2.45, 2.75) is 25.8 Å². The molecule has 5 heteroatoms. The van der Waals surface area contributed by atoms with Gasteiger partial charge >= 0.3 is 5.97 Å². The van der Waals surface area contributed by atoms with E-state index in [1.807, 2.05) is 6.92 Å². The van der Waals surface area contributed by atoms with Gasteiger partial charge < -0.3 is 10.5 Å². The molecular weight excluding hydrogens is 200 g/mol. The smallest absolute Gasteiger partial charge is 0.305 e. The summed E-state index contributed by atoms with van der Waals surface area (Å²) >= 11 is 1.57. The van der Waals surface area contributed by atoms with E-state index in [-0.39, 0.29) is 12.0 Å². The Balaban J connectivity index is 2.42. The number of methoxy groups -OCH3 is 1. The summed E-state index contributed by atoms with van der Waals surface area (Å²) < 4.78 is 4.53. The quantitative estimate of drug-likeness (QED) is 0.769. The fourth-order valence-corrected chi connectivity index (χ4v) is 1.89. The van der Waals surface area contributed by atoms with Crippen molar-refractivity contribution in [2.75, 3.05) is 7.11 Å². The lowest BCUT2D eigenvalue weighted by Gasteiger charge is -2.06. The molecule has 0 aliphatic heterocycles. The van der Waals surface area contributed by atoms with Gasteiger partial charge in [0.25, 0.3) is 0 Å². The number of carbonyl (C=O) groups excluding carboxylic acids is 1. The Bertz CT molecular complexity index is 312. The number of rotatable bonds is 4. The monoisotopic (exact) mass is 214 g/mol. The van der Waals surface area contributed by atoms with Crippen molar-refractivity contribution < 1.29 is 9.53 Å². The number of esters is 1. The van der Waals surface area contributed by atoms with Crippen molar-refractivity contribution in [1.82, 2.24) is 4.98 Å². The summed E-state index contributed by atoms with van der Waals surface area (Å²) in [7, 11) is 1.38. The van der Waals surface area contributed by atoms with Crippen LogP contribution in [0, 0.1) is 6.92 Å². The first-order valence-electron chi connectivity index (χ1n) is 4.38. The topological polar surface area (TPSA) is 65.2 Å². The molecule has 0 radical (unpaired) electrons. The molecule has 1 unspecified atom stereocenters. The number of thiazole rings is 1. The van der Waals surface area contributed by atoms with Gasteiger partial charge in [-0.15, -0.1) is 11.3 Å². The van der Waals surface area contributed by atoms with E-state index in [1.165, 1.54) is 7.11 Å². The van der Waals surface area contributed by atoms with Gasteiger partial charge in [0.05, 0.1) is 12.1 Å². The third-order valence-corrected chi connectivity index (χ3v) is 2.94. The lowest BCUT2D eigenvalue weighted by molar-refractivity contribution is -0.140. The van der Waals surface area contributed by atoms with E-state index in [2.05, 4.69) is 9.72 Å². The van der Waals surface area contributed by atoms with Gasteiger partial charge in [-0.2, -0.15) is 0 Å². The van der Waals surface area contributed by atoms with Crippen molar-refractivity contribution in [1.29, 1.82) is 0 Å². The molecule has 14 heavy (non-hydrogen) atoms. The summed E-state index contributed by atoms with van der Waals surface area (Å²) in [5, 5.41) is 0.994. The Kier molecular flexibility index (Phi) is 4.03. The molecule has 1 atom stereocenters. The second-order valence-electron chi connectivity index (χ2n) is 3.00. The Morgan fingerprint density at radius 3 is 3.00 bits per heavy atom. The lowest BCUT2D eigenvalue weighted by Crippen LogP contribution is -2.11. The van der Waals surface area contributed by atoms with E-state index in [0.717, 1.165) is 9.88 Å². The van der Waals surface area contributed by atoms with Crippen LogP contribution in [0.15, 0.2) is 6.20 Å². The van der Waals surface area contributed by atoms with E-state index >= 15 is 0 Å². The van der Waals surface area contributed by atoms with Gasteiger partial charge in [0.15, 0.2) is 0 Å². The predicted octanol–water partition coefficient (Wildman–Crippen LogP) is 1.40. The Morgan fingerprint density at radius 2 is 2.50 bits per heavy atom. The van der Waals surface area contributed by atoms with Crippen molar-refractivity contribution >= 4 is 17.3 Å². The predicted molar refractivity (Wildman–Crippen MR) is 55.0 cm³/mol. The van der Waals surface area contributed by atoms with Crippen molar-refractivity contribution in [3.8, 4) is 0 Å². The van der Waals surface area contributed by atoms with Crippen molar-refractivity contribution in [3.05, 3.63) is 16.1 Å². The average Bonchev–Trinajstić information content (AvgIpc) is 2.60. The summed E-state index contributed by atoms with van der Waals surface area (Å²) in [4.78, 5) is 16.0. The highest BCUT2D eigenvalue weighted by Gasteiger charge is 2.11. The zero-order valence-corrected chi connectivity index (χ0v) is 9.13. The summed E-state index contributed by atoms with van der Waals surface area (Å²) in [6.07, 6.45) is 2.73. The number of aromatic nitrogens is 1. The van der Waals surface area contributed by atoms with Crippen LogP contribution in [-0.2, 0) is 9.53 Å². The Hall–Kier alpha value is -0.940. The van der Waals surface area contributed by atoms with Crippen LogP contribution in [0.25, 0.3) is 0 Å². The van der Waals surface area contributed by atoms with Gasteiger partial charge in [-0.25, -0.2) is 4.98 Å². The Morgan fingerprint density at radius 1 is 1.79 bits per heavy atom. The molecule has 2 N–H and O–H groups in total. The molecule has 0 aromatic carbocycles. The van der Waals surface area contributed by atoms with Gasteiger partial charge in [0.1, 0.15) is 0 Å². The van der Waals surface area contributed by atoms with Crippen LogP contribution in [0.1, 0.15) is 28.8 Å². The molecule has 0 amide bonds. The molecule has 1 heterocycles. The molecule has 78 valence electrons.